The monoisotopic (exact) mass is 309 g/mol. The van der Waals surface area contributed by atoms with Gasteiger partial charge in [-0.25, -0.2) is 9.37 Å². The van der Waals surface area contributed by atoms with Crippen molar-refractivity contribution in [2.75, 3.05) is 20.1 Å². The first-order valence-electron chi connectivity index (χ1n) is 7.40. The molecule has 1 aromatic heterocycles. The summed E-state index contributed by atoms with van der Waals surface area (Å²) in [6.07, 6.45) is 2.28. The highest BCUT2D eigenvalue weighted by molar-refractivity contribution is 6.16. The summed E-state index contributed by atoms with van der Waals surface area (Å²) in [4.78, 5) is 6.74. The molecule has 0 bridgehead atoms. The average molecular weight is 310 g/mol. The molecule has 1 saturated heterocycles. The molecule has 2 aromatic rings. The Morgan fingerprint density at radius 1 is 1.33 bits per heavy atom. The molecule has 0 radical (unpaired) electrons. The highest BCUT2D eigenvalue weighted by atomic mass is 35.5. The van der Waals surface area contributed by atoms with Gasteiger partial charge in [0, 0.05) is 6.54 Å². The Balaban J connectivity index is 1.98. The molecular formula is C16H21ClFN3. The van der Waals surface area contributed by atoms with Crippen molar-refractivity contribution in [2.45, 2.75) is 32.2 Å². The van der Waals surface area contributed by atoms with E-state index in [0.717, 1.165) is 43.8 Å². The van der Waals surface area contributed by atoms with Crippen LogP contribution in [-0.4, -0.2) is 34.6 Å². The molecule has 1 aromatic carbocycles. The summed E-state index contributed by atoms with van der Waals surface area (Å²) in [6, 6.07) is 5.12. The van der Waals surface area contributed by atoms with Crippen molar-refractivity contribution in [1.29, 1.82) is 0 Å². The second-order valence-corrected chi connectivity index (χ2v) is 6.74. The number of rotatable bonds is 3. The van der Waals surface area contributed by atoms with E-state index in [2.05, 4.69) is 28.4 Å². The Morgan fingerprint density at radius 2 is 2.05 bits per heavy atom. The molecule has 3 rings (SSSR count). The summed E-state index contributed by atoms with van der Waals surface area (Å²) >= 11 is 6.03. The van der Waals surface area contributed by atoms with E-state index in [0.29, 0.717) is 11.4 Å². The maximum Gasteiger partial charge on any atom is 0.151 e. The molecule has 0 aliphatic carbocycles. The number of hydrogen-bond acceptors (Lipinski definition) is 2. The summed E-state index contributed by atoms with van der Waals surface area (Å²) in [6.45, 7) is 5.37. The first-order chi connectivity index (χ1) is 10.0. The maximum atomic E-state index is 13.9. The zero-order chi connectivity index (χ0) is 15.0. The Labute approximate surface area is 129 Å². The fourth-order valence-corrected chi connectivity index (χ4v) is 3.34. The van der Waals surface area contributed by atoms with E-state index in [1.54, 1.807) is 6.07 Å². The smallest absolute Gasteiger partial charge is 0.151 e. The molecular weight excluding hydrogens is 289 g/mol. The van der Waals surface area contributed by atoms with Crippen molar-refractivity contribution in [3.05, 3.63) is 29.8 Å². The van der Waals surface area contributed by atoms with Crippen molar-refractivity contribution in [3.63, 3.8) is 0 Å². The molecule has 0 spiro atoms. The van der Waals surface area contributed by atoms with E-state index in [9.17, 15) is 4.39 Å². The molecule has 0 N–H and O–H groups in total. The van der Waals surface area contributed by atoms with Gasteiger partial charge in [-0.3, -0.25) is 0 Å². The maximum absolute atomic E-state index is 13.9. The second-order valence-electron chi connectivity index (χ2n) is 6.47. The van der Waals surface area contributed by atoms with Gasteiger partial charge < -0.3 is 9.47 Å². The normalized spacial score (nSPS) is 19.2. The number of likely N-dealkylation sites (tertiary alicyclic amines) is 1. The van der Waals surface area contributed by atoms with Gasteiger partial charge in [0.15, 0.2) is 5.82 Å². The number of piperidine rings is 1. The van der Waals surface area contributed by atoms with Crippen LogP contribution >= 0.6 is 11.6 Å². The lowest BCUT2D eigenvalue weighted by atomic mass is 9.80. The zero-order valence-electron chi connectivity index (χ0n) is 12.6. The molecule has 2 heterocycles. The number of nitrogens with zero attached hydrogens (tertiary/aromatic N) is 3. The fraction of sp³-hybridized carbons (Fsp3) is 0.562. The average Bonchev–Trinajstić information content (AvgIpc) is 2.82. The predicted octanol–water partition coefficient (Wildman–Crippen LogP) is 3.65. The number of hydrogen-bond donors (Lipinski definition) is 0. The number of imidazole rings is 1. The van der Waals surface area contributed by atoms with Crippen molar-refractivity contribution in [3.8, 4) is 0 Å². The third-order valence-corrected chi connectivity index (χ3v) is 4.90. The van der Waals surface area contributed by atoms with Crippen LogP contribution in [0.3, 0.4) is 0 Å². The van der Waals surface area contributed by atoms with Gasteiger partial charge in [0.2, 0.25) is 0 Å². The molecule has 5 heteroatoms. The van der Waals surface area contributed by atoms with Gasteiger partial charge >= 0.3 is 0 Å². The number of halogens is 2. The molecule has 21 heavy (non-hydrogen) atoms. The molecule has 114 valence electrons. The van der Waals surface area contributed by atoms with E-state index in [1.807, 2.05) is 6.07 Å². The van der Waals surface area contributed by atoms with Crippen LogP contribution in [0.5, 0.6) is 0 Å². The molecule has 0 atom stereocenters. The summed E-state index contributed by atoms with van der Waals surface area (Å²) in [5.41, 5.74) is 1.50. The van der Waals surface area contributed by atoms with Crippen LogP contribution in [0.4, 0.5) is 4.39 Å². The molecule has 1 aliphatic rings. The van der Waals surface area contributed by atoms with Crippen molar-refractivity contribution >= 4 is 22.6 Å². The SMILES string of the molecule is CN1CCC(C)(Cn2c(CCl)nc3c(F)cccc32)CC1. The van der Waals surface area contributed by atoms with Gasteiger partial charge in [0.25, 0.3) is 0 Å². The molecule has 1 aliphatic heterocycles. The van der Waals surface area contributed by atoms with Gasteiger partial charge in [0.05, 0.1) is 11.4 Å². The van der Waals surface area contributed by atoms with Crippen molar-refractivity contribution in [2.24, 2.45) is 5.41 Å². The quantitative estimate of drug-likeness (QED) is 0.807. The minimum atomic E-state index is -0.272. The lowest BCUT2D eigenvalue weighted by Crippen LogP contribution is -2.38. The minimum Gasteiger partial charge on any atom is -0.326 e. The summed E-state index contributed by atoms with van der Waals surface area (Å²) < 4.78 is 16.0. The number of benzene rings is 1. The largest absolute Gasteiger partial charge is 0.326 e. The molecule has 3 nitrogen and oxygen atoms in total. The van der Waals surface area contributed by atoms with Crippen molar-refractivity contribution in [1.82, 2.24) is 14.5 Å². The van der Waals surface area contributed by atoms with Crippen LogP contribution in [0.2, 0.25) is 0 Å². The number of aromatic nitrogens is 2. The van der Waals surface area contributed by atoms with Crippen LogP contribution < -0.4 is 0 Å². The van der Waals surface area contributed by atoms with Gasteiger partial charge in [-0.15, -0.1) is 11.6 Å². The first-order valence-corrected chi connectivity index (χ1v) is 7.94. The number of para-hydroxylation sites is 1. The fourth-order valence-electron chi connectivity index (χ4n) is 3.14. The molecule has 0 saturated carbocycles. The van der Waals surface area contributed by atoms with E-state index < -0.39 is 0 Å². The lowest BCUT2D eigenvalue weighted by molar-refractivity contribution is 0.121. The predicted molar refractivity (Wildman–Crippen MR) is 84.1 cm³/mol. The topological polar surface area (TPSA) is 21.1 Å². The lowest BCUT2D eigenvalue weighted by Gasteiger charge is -2.38. The number of fused-ring (bicyclic) bond motifs is 1. The first kappa shape index (κ1) is 14.8. The Morgan fingerprint density at radius 3 is 2.71 bits per heavy atom. The number of alkyl halides is 1. The Kier molecular flexibility index (Phi) is 3.93. The van der Waals surface area contributed by atoms with Crippen molar-refractivity contribution < 1.29 is 4.39 Å². The van der Waals surface area contributed by atoms with E-state index >= 15 is 0 Å². The van der Waals surface area contributed by atoms with Gasteiger partial charge in [-0.1, -0.05) is 13.0 Å². The highest BCUT2D eigenvalue weighted by Crippen LogP contribution is 2.34. The van der Waals surface area contributed by atoms with Gasteiger partial charge in [-0.05, 0) is 50.5 Å². The minimum absolute atomic E-state index is 0.216. The van der Waals surface area contributed by atoms with Crippen LogP contribution in [0.15, 0.2) is 18.2 Å². The Bertz CT molecular complexity index is 644. The molecule has 0 unspecified atom stereocenters. The zero-order valence-corrected chi connectivity index (χ0v) is 13.3. The van der Waals surface area contributed by atoms with Gasteiger partial charge in [0.1, 0.15) is 11.3 Å². The van der Waals surface area contributed by atoms with E-state index in [1.165, 1.54) is 6.07 Å². The van der Waals surface area contributed by atoms with E-state index in [4.69, 9.17) is 11.6 Å². The van der Waals surface area contributed by atoms with Crippen LogP contribution in [0.25, 0.3) is 11.0 Å². The van der Waals surface area contributed by atoms with E-state index in [-0.39, 0.29) is 11.2 Å². The summed E-state index contributed by atoms with van der Waals surface area (Å²) in [5.74, 6) is 0.799. The van der Waals surface area contributed by atoms with Crippen LogP contribution in [-0.2, 0) is 12.4 Å². The third-order valence-electron chi connectivity index (χ3n) is 4.66. The second kappa shape index (κ2) is 5.58. The molecule has 1 fully saturated rings. The Hall–Kier alpha value is -1.13. The third kappa shape index (κ3) is 2.79. The van der Waals surface area contributed by atoms with Gasteiger partial charge in [-0.2, -0.15) is 0 Å². The van der Waals surface area contributed by atoms with Crippen LogP contribution in [0.1, 0.15) is 25.6 Å². The standard InChI is InChI=1S/C16H21ClFN3/c1-16(6-8-20(2)9-7-16)11-21-13-5-3-4-12(18)15(13)19-14(21)10-17/h3-5H,6-11H2,1-2H3. The highest BCUT2D eigenvalue weighted by Gasteiger charge is 2.30. The molecule has 0 amide bonds. The van der Waals surface area contributed by atoms with Crippen LogP contribution in [0, 0.1) is 11.2 Å². The summed E-state index contributed by atoms with van der Waals surface area (Å²) in [7, 11) is 2.16. The summed E-state index contributed by atoms with van der Waals surface area (Å²) in [5, 5.41) is 0.